The highest BCUT2D eigenvalue weighted by molar-refractivity contribution is 9.10. The number of benzene rings is 2. The maximum Gasteiger partial charge on any atom is 0.220 e. The number of rotatable bonds is 5. The summed E-state index contributed by atoms with van der Waals surface area (Å²) in [5.41, 5.74) is 5.06. The largest absolute Gasteiger partial charge is 0.352 e. The summed E-state index contributed by atoms with van der Waals surface area (Å²) in [5, 5.41) is 6.33. The predicted molar refractivity (Wildman–Crippen MR) is 98.5 cm³/mol. The lowest BCUT2D eigenvalue weighted by Gasteiger charge is -2.07. The molecule has 0 radical (unpaired) electrons. The molecule has 1 aliphatic rings. The Balaban J connectivity index is 0.00000192. The quantitative estimate of drug-likeness (QED) is 0.810. The summed E-state index contributed by atoms with van der Waals surface area (Å²) in [5.74, 6) is 0.0987. The lowest BCUT2D eigenvalue weighted by molar-refractivity contribution is -0.121. The molecular formula is C18H20BrClN2O. The van der Waals surface area contributed by atoms with Gasteiger partial charge in [0, 0.05) is 30.5 Å². The van der Waals surface area contributed by atoms with E-state index in [1.165, 1.54) is 22.3 Å². The first-order valence-electron chi connectivity index (χ1n) is 7.53. The van der Waals surface area contributed by atoms with E-state index in [4.69, 9.17) is 0 Å². The Hall–Kier alpha value is -1.36. The van der Waals surface area contributed by atoms with E-state index in [1.807, 2.05) is 24.3 Å². The molecule has 122 valence electrons. The zero-order chi connectivity index (χ0) is 15.4. The Morgan fingerprint density at radius 1 is 1.04 bits per heavy atom. The molecule has 0 fully saturated rings. The number of carbonyl (C=O) groups excluding carboxylic acids is 1. The lowest BCUT2D eigenvalue weighted by Crippen LogP contribution is -2.23. The average Bonchev–Trinajstić information content (AvgIpc) is 3.00. The minimum absolute atomic E-state index is 0. The van der Waals surface area contributed by atoms with E-state index < -0.39 is 0 Å². The Morgan fingerprint density at radius 2 is 1.74 bits per heavy atom. The summed E-state index contributed by atoms with van der Waals surface area (Å²) >= 11 is 3.41. The van der Waals surface area contributed by atoms with Crippen LogP contribution in [0.25, 0.3) is 0 Å². The predicted octanol–water partition coefficient (Wildman–Crippen LogP) is 3.72. The topological polar surface area (TPSA) is 41.1 Å². The lowest BCUT2D eigenvalue weighted by atomic mass is 10.1. The van der Waals surface area contributed by atoms with E-state index in [0.29, 0.717) is 13.0 Å². The highest BCUT2D eigenvalue weighted by Crippen LogP contribution is 2.17. The molecule has 23 heavy (non-hydrogen) atoms. The van der Waals surface area contributed by atoms with Crippen LogP contribution in [0.3, 0.4) is 0 Å². The molecule has 1 aliphatic heterocycles. The van der Waals surface area contributed by atoms with Gasteiger partial charge < -0.3 is 10.6 Å². The van der Waals surface area contributed by atoms with Gasteiger partial charge in [-0.1, -0.05) is 46.3 Å². The van der Waals surface area contributed by atoms with Crippen molar-refractivity contribution in [1.82, 2.24) is 10.6 Å². The molecule has 5 heteroatoms. The third-order valence-corrected chi connectivity index (χ3v) is 4.47. The number of halogens is 2. The van der Waals surface area contributed by atoms with Crippen molar-refractivity contribution in [2.24, 2.45) is 0 Å². The second-order valence-electron chi connectivity index (χ2n) is 5.61. The van der Waals surface area contributed by atoms with Crippen LogP contribution in [0.15, 0.2) is 46.9 Å². The van der Waals surface area contributed by atoms with Crippen LogP contribution in [0.1, 0.15) is 28.7 Å². The van der Waals surface area contributed by atoms with Gasteiger partial charge in [-0.3, -0.25) is 4.79 Å². The Morgan fingerprint density at radius 3 is 2.52 bits per heavy atom. The van der Waals surface area contributed by atoms with Crippen LogP contribution in [0, 0.1) is 0 Å². The molecule has 0 aliphatic carbocycles. The molecule has 0 atom stereocenters. The van der Waals surface area contributed by atoms with Crippen molar-refractivity contribution in [3.8, 4) is 0 Å². The molecular weight excluding hydrogens is 376 g/mol. The number of hydrogen-bond acceptors (Lipinski definition) is 2. The number of carbonyl (C=O) groups is 1. The first kappa shape index (κ1) is 18.0. The van der Waals surface area contributed by atoms with E-state index in [2.05, 4.69) is 44.8 Å². The molecule has 0 aromatic heterocycles. The fourth-order valence-electron chi connectivity index (χ4n) is 2.66. The van der Waals surface area contributed by atoms with Gasteiger partial charge in [0.15, 0.2) is 0 Å². The fourth-order valence-corrected chi connectivity index (χ4v) is 2.92. The first-order chi connectivity index (χ1) is 10.7. The van der Waals surface area contributed by atoms with E-state index in [-0.39, 0.29) is 18.3 Å². The van der Waals surface area contributed by atoms with E-state index in [1.54, 1.807) is 0 Å². The van der Waals surface area contributed by atoms with Crippen molar-refractivity contribution in [3.63, 3.8) is 0 Å². The molecule has 1 heterocycles. The minimum Gasteiger partial charge on any atom is -0.352 e. The van der Waals surface area contributed by atoms with Gasteiger partial charge in [0.1, 0.15) is 0 Å². The molecule has 1 amide bonds. The monoisotopic (exact) mass is 394 g/mol. The fraction of sp³-hybridized carbons (Fsp3) is 0.278. The zero-order valence-electron chi connectivity index (χ0n) is 12.8. The molecule has 0 unspecified atom stereocenters. The molecule has 0 spiro atoms. The van der Waals surface area contributed by atoms with E-state index >= 15 is 0 Å². The normalized spacial score (nSPS) is 12.4. The van der Waals surface area contributed by atoms with Gasteiger partial charge in [0.25, 0.3) is 0 Å². The second-order valence-corrected chi connectivity index (χ2v) is 6.53. The van der Waals surface area contributed by atoms with E-state index in [0.717, 1.165) is 24.0 Å². The third kappa shape index (κ3) is 5.06. The van der Waals surface area contributed by atoms with Gasteiger partial charge in [-0.2, -0.15) is 0 Å². The van der Waals surface area contributed by atoms with Crippen LogP contribution in [0.5, 0.6) is 0 Å². The molecule has 3 rings (SSSR count). The maximum atomic E-state index is 12.0. The van der Waals surface area contributed by atoms with Crippen molar-refractivity contribution in [2.75, 3.05) is 0 Å². The zero-order valence-corrected chi connectivity index (χ0v) is 15.2. The van der Waals surface area contributed by atoms with Crippen LogP contribution >= 0.6 is 28.3 Å². The molecule has 2 aromatic carbocycles. The Bertz CT molecular complexity index is 673. The highest BCUT2D eigenvalue weighted by atomic mass is 79.9. The van der Waals surface area contributed by atoms with Gasteiger partial charge in [-0.15, -0.1) is 12.4 Å². The van der Waals surface area contributed by atoms with Gasteiger partial charge in [-0.05, 0) is 40.8 Å². The number of hydrogen-bond donors (Lipinski definition) is 2. The molecule has 0 bridgehead atoms. The smallest absolute Gasteiger partial charge is 0.220 e. The van der Waals surface area contributed by atoms with Crippen molar-refractivity contribution in [1.29, 1.82) is 0 Å². The second kappa shape index (κ2) is 8.48. The molecule has 2 aromatic rings. The van der Waals surface area contributed by atoms with Crippen LogP contribution in [-0.2, 0) is 30.8 Å². The number of nitrogens with one attached hydrogen (secondary N) is 2. The molecule has 0 saturated carbocycles. The van der Waals surface area contributed by atoms with Gasteiger partial charge in [0.05, 0.1) is 0 Å². The van der Waals surface area contributed by atoms with Gasteiger partial charge in [0.2, 0.25) is 5.91 Å². The van der Waals surface area contributed by atoms with Crippen molar-refractivity contribution in [3.05, 3.63) is 69.2 Å². The Labute approximate surface area is 151 Å². The Kier molecular flexibility index (Phi) is 6.63. The van der Waals surface area contributed by atoms with Crippen molar-refractivity contribution < 1.29 is 4.79 Å². The minimum atomic E-state index is 0. The van der Waals surface area contributed by atoms with Crippen LogP contribution in [-0.4, -0.2) is 5.91 Å². The summed E-state index contributed by atoms with van der Waals surface area (Å²) in [4.78, 5) is 12.0. The van der Waals surface area contributed by atoms with Crippen LogP contribution in [0.4, 0.5) is 0 Å². The summed E-state index contributed by atoms with van der Waals surface area (Å²) in [7, 11) is 0. The number of aryl methyl sites for hydroxylation is 1. The molecule has 0 saturated heterocycles. The third-order valence-electron chi connectivity index (χ3n) is 3.95. The van der Waals surface area contributed by atoms with Crippen molar-refractivity contribution in [2.45, 2.75) is 32.5 Å². The van der Waals surface area contributed by atoms with Gasteiger partial charge in [-0.25, -0.2) is 0 Å². The van der Waals surface area contributed by atoms with E-state index in [9.17, 15) is 4.79 Å². The van der Waals surface area contributed by atoms with Crippen molar-refractivity contribution >= 4 is 34.2 Å². The van der Waals surface area contributed by atoms with Crippen LogP contribution < -0.4 is 10.6 Å². The average molecular weight is 396 g/mol. The first-order valence-corrected chi connectivity index (χ1v) is 8.32. The number of fused-ring (bicyclic) bond motifs is 1. The molecule has 2 N–H and O–H groups in total. The SMILES string of the molecule is Cl.O=C(CCc1ccc(Br)cc1)NCc1ccc2c(c1)CNC2. The summed E-state index contributed by atoms with van der Waals surface area (Å²) in [6, 6.07) is 14.5. The summed E-state index contributed by atoms with van der Waals surface area (Å²) in [6.07, 6.45) is 1.29. The van der Waals surface area contributed by atoms with Gasteiger partial charge >= 0.3 is 0 Å². The maximum absolute atomic E-state index is 12.0. The molecule has 3 nitrogen and oxygen atoms in total. The highest BCUT2D eigenvalue weighted by Gasteiger charge is 2.10. The standard InChI is InChI=1S/C18H19BrN2O.ClH/c19-17-6-2-13(3-7-17)4-8-18(22)21-10-14-1-5-15-11-20-12-16(15)9-14;/h1-3,5-7,9,20H,4,8,10-12H2,(H,21,22);1H. The van der Waals surface area contributed by atoms with Crippen LogP contribution in [0.2, 0.25) is 0 Å². The number of amides is 1. The summed E-state index contributed by atoms with van der Waals surface area (Å²) < 4.78 is 1.06. The summed E-state index contributed by atoms with van der Waals surface area (Å²) in [6.45, 7) is 2.49.